The van der Waals surface area contributed by atoms with Crippen LogP contribution >= 0.6 is 35.3 Å². The molecule has 0 amide bonds. The van der Waals surface area contributed by atoms with Gasteiger partial charge in [-0.05, 0) is 61.4 Å². The van der Waals surface area contributed by atoms with Crippen LogP contribution in [0.2, 0.25) is 0 Å². The summed E-state index contributed by atoms with van der Waals surface area (Å²) < 4.78 is 0. The maximum absolute atomic E-state index is 4.62. The SMILES string of the molecule is CCNC(=NCc1ccsc1)NCCC1=CCCCC1.I. The van der Waals surface area contributed by atoms with Crippen molar-refractivity contribution in [1.29, 1.82) is 0 Å². The van der Waals surface area contributed by atoms with E-state index in [0.717, 1.165) is 32.0 Å². The maximum Gasteiger partial charge on any atom is 0.191 e. The highest BCUT2D eigenvalue weighted by Crippen LogP contribution is 2.19. The molecule has 0 saturated heterocycles. The van der Waals surface area contributed by atoms with Crippen LogP contribution in [0.4, 0.5) is 0 Å². The lowest BCUT2D eigenvalue weighted by molar-refractivity contribution is 0.665. The van der Waals surface area contributed by atoms with Gasteiger partial charge in [0.05, 0.1) is 6.54 Å². The van der Waals surface area contributed by atoms with E-state index in [9.17, 15) is 0 Å². The predicted octanol–water partition coefficient (Wildman–Crippen LogP) is 4.31. The fourth-order valence-corrected chi connectivity index (χ4v) is 3.03. The average molecular weight is 419 g/mol. The Morgan fingerprint density at radius 3 is 2.90 bits per heavy atom. The van der Waals surface area contributed by atoms with E-state index < -0.39 is 0 Å². The molecule has 0 radical (unpaired) electrons. The molecular formula is C16H26IN3S. The molecule has 1 aromatic rings. The zero-order valence-electron chi connectivity index (χ0n) is 12.7. The van der Waals surface area contributed by atoms with Crippen LogP contribution in [-0.2, 0) is 6.54 Å². The van der Waals surface area contributed by atoms with Crippen LogP contribution in [0.1, 0.15) is 44.6 Å². The normalized spacial score (nSPS) is 15.1. The first-order valence-electron chi connectivity index (χ1n) is 7.59. The minimum Gasteiger partial charge on any atom is -0.357 e. The molecule has 21 heavy (non-hydrogen) atoms. The second kappa shape index (κ2) is 11.1. The Labute approximate surface area is 149 Å². The molecule has 0 spiro atoms. The van der Waals surface area contributed by atoms with Gasteiger partial charge in [0.1, 0.15) is 0 Å². The van der Waals surface area contributed by atoms with Gasteiger partial charge >= 0.3 is 0 Å². The number of allylic oxidation sites excluding steroid dienone is 1. The monoisotopic (exact) mass is 419 g/mol. The van der Waals surface area contributed by atoms with Crippen molar-refractivity contribution in [3.8, 4) is 0 Å². The number of aliphatic imine (C=N–C) groups is 1. The lowest BCUT2D eigenvalue weighted by Gasteiger charge is -2.15. The van der Waals surface area contributed by atoms with Gasteiger partial charge in [-0.1, -0.05) is 11.6 Å². The number of hydrogen-bond donors (Lipinski definition) is 2. The van der Waals surface area contributed by atoms with Gasteiger partial charge in [0.15, 0.2) is 5.96 Å². The van der Waals surface area contributed by atoms with E-state index in [1.165, 1.54) is 31.2 Å². The molecule has 0 fully saturated rings. The van der Waals surface area contributed by atoms with Gasteiger partial charge in [-0.15, -0.1) is 24.0 Å². The van der Waals surface area contributed by atoms with Crippen molar-refractivity contribution >= 4 is 41.3 Å². The molecule has 2 N–H and O–H groups in total. The van der Waals surface area contributed by atoms with Gasteiger partial charge in [0.25, 0.3) is 0 Å². The lowest BCUT2D eigenvalue weighted by atomic mass is 9.97. The number of guanidine groups is 1. The van der Waals surface area contributed by atoms with Crippen LogP contribution < -0.4 is 10.6 Å². The third-order valence-electron chi connectivity index (χ3n) is 3.47. The standard InChI is InChI=1S/C16H25N3S.HI/c1-2-17-16(19-12-15-9-11-20-13-15)18-10-8-14-6-4-3-5-7-14;/h6,9,11,13H,2-5,7-8,10,12H2,1H3,(H2,17,18,19);1H. The van der Waals surface area contributed by atoms with Crippen LogP contribution in [0, 0.1) is 0 Å². The number of thiophene rings is 1. The van der Waals surface area contributed by atoms with Gasteiger partial charge in [-0.2, -0.15) is 11.3 Å². The maximum atomic E-state index is 4.62. The van der Waals surface area contributed by atoms with Gasteiger partial charge in [0, 0.05) is 13.1 Å². The largest absolute Gasteiger partial charge is 0.357 e. The van der Waals surface area contributed by atoms with Gasteiger partial charge in [-0.25, -0.2) is 4.99 Å². The van der Waals surface area contributed by atoms with E-state index in [-0.39, 0.29) is 24.0 Å². The fraction of sp³-hybridized carbons (Fsp3) is 0.562. The smallest absolute Gasteiger partial charge is 0.191 e. The zero-order chi connectivity index (χ0) is 14.0. The number of nitrogens with zero attached hydrogens (tertiary/aromatic N) is 1. The Bertz CT molecular complexity index is 440. The van der Waals surface area contributed by atoms with Crippen molar-refractivity contribution in [3.05, 3.63) is 34.0 Å². The topological polar surface area (TPSA) is 36.4 Å². The van der Waals surface area contributed by atoms with E-state index in [1.54, 1.807) is 16.9 Å². The molecule has 1 aliphatic rings. The number of halogens is 1. The summed E-state index contributed by atoms with van der Waals surface area (Å²) in [4.78, 5) is 4.62. The van der Waals surface area contributed by atoms with E-state index >= 15 is 0 Å². The van der Waals surface area contributed by atoms with Crippen LogP contribution in [0.15, 0.2) is 33.5 Å². The molecule has 2 rings (SSSR count). The second-order valence-electron chi connectivity index (χ2n) is 5.11. The summed E-state index contributed by atoms with van der Waals surface area (Å²) in [5, 5.41) is 11.0. The molecule has 0 saturated carbocycles. The van der Waals surface area contributed by atoms with E-state index in [4.69, 9.17) is 0 Å². The van der Waals surface area contributed by atoms with Crippen molar-refractivity contribution in [2.75, 3.05) is 13.1 Å². The average Bonchev–Trinajstić information content (AvgIpc) is 2.99. The number of rotatable bonds is 6. The van der Waals surface area contributed by atoms with Crippen LogP contribution in [0.25, 0.3) is 0 Å². The van der Waals surface area contributed by atoms with Gasteiger partial charge < -0.3 is 10.6 Å². The Kier molecular flexibility index (Phi) is 9.74. The summed E-state index contributed by atoms with van der Waals surface area (Å²) in [5.41, 5.74) is 2.89. The van der Waals surface area contributed by atoms with E-state index in [2.05, 4.69) is 45.5 Å². The highest BCUT2D eigenvalue weighted by atomic mass is 127. The molecule has 5 heteroatoms. The van der Waals surface area contributed by atoms with Gasteiger partial charge in [0.2, 0.25) is 0 Å². The molecule has 118 valence electrons. The Balaban J connectivity index is 0.00000220. The van der Waals surface area contributed by atoms with E-state index in [1.807, 2.05) is 0 Å². The Morgan fingerprint density at radius 1 is 1.33 bits per heavy atom. The summed E-state index contributed by atoms with van der Waals surface area (Å²) in [6.45, 7) is 4.73. The summed E-state index contributed by atoms with van der Waals surface area (Å²) in [5.74, 6) is 0.926. The second-order valence-corrected chi connectivity index (χ2v) is 5.89. The minimum absolute atomic E-state index is 0. The molecule has 1 aliphatic carbocycles. The van der Waals surface area contributed by atoms with Crippen molar-refractivity contribution in [3.63, 3.8) is 0 Å². The summed E-state index contributed by atoms with van der Waals surface area (Å²) in [6, 6.07) is 2.13. The molecule has 1 aromatic heterocycles. The van der Waals surface area contributed by atoms with Crippen LogP contribution in [-0.4, -0.2) is 19.0 Å². The fourth-order valence-electron chi connectivity index (χ4n) is 2.37. The highest BCUT2D eigenvalue weighted by Gasteiger charge is 2.04. The van der Waals surface area contributed by atoms with E-state index in [0.29, 0.717) is 0 Å². The van der Waals surface area contributed by atoms with Crippen molar-refractivity contribution in [2.45, 2.75) is 45.6 Å². The first-order chi connectivity index (χ1) is 9.88. The first-order valence-corrected chi connectivity index (χ1v) is 8.54. The summed E-state index contributed by atoms with van der Waals surface area (Å²) in [7, 11) is 0. The molecule has 3 nitrogen and oxygen atoms in total. The minimum atomic E-state index is 0. The molecule has 1 heterocycles. The first kappa shape index (κ1) is 18.5. The molecule has 0 unspecified atom stereocenters. The molecular weight excluding hydrogens is 393 g/mol. The summed E-state index contributed by atoms with van der Waals surface area (Å²) >= 11 is 1.72. The molecule has 0 aliphatic heterocycles. The van der Waals surface area contributed by atoms with Crippen LogP contribution in [0.3, 0.4) is 0 Å². The molecule has 0 aromatic carbocycles. The van der Waals surface area contributed by atoms with Crippen LogP contribution in [0.5, 0.6) is 0 Å². The predicted molar refractivity (Wildman–Crippen MR) is 104 cm³/mol. The Morgan fingerprint density at radius 2 is 2.24 bits per heavy atom. The quantitative estimate of drug-likeness (QED) is 0.312. The molecule has 0 bridgehead atoms. The molecule has 0 atom stereocenters. The summed E-state index contributed by atoms with van der Waals surface area (Å²) in [6.07, 6.45) is 8.83. The number of nitrogens with one attached hydrogen (secondary N) is 2. The van der Waals surface area contributed by atoms with Crippen molar-refractivity contribution in [1.82, 2.24) is 10.6 Å². The zero-order valence-corrected chi connectivity index (χ0v) is 15.9. The third kappa shape index (κ3) is 7.31. The lowest BCUT2D eigenvalue weighted by Crippen LogP contribution is -2.37. The van der Waals surface area contributed by atoms with Crippen molar-refractivity contribution < 1.29 is 0 Å². The highest BCUT2D eigenvalue weighted by molar-refractivity contribution is 14.0. The third-order valence-corrected chi connectivity index (χ3v) is 4.20. The van der Waals surface area contributed by atoms with Gasteiger partial charge in [-0.3, -0.25) is 0 Å². The number of hydrogen-bond acceptors (Lipinski definition) is 2. The van der Waals surface area contributed by atoms with Crippen molar-refractivity contribution in [2.24, 2.45) is 4.99 Å². The Hall–Kier alpha value is -0.560.